The van der Waals surface area contributed by atoms with Crippen molar-refractivity contribution in [1.82, 2.24) is 10.6 Å². The van der Waals surface area contributed by atoms with E-state index < -0.39 is 6.04 Å². The molecule has 1 aliphatic rings. The third-order valence-corrected chi connectivity index (χ3v) is 3.74. The molecule has 1 aromatic rings. The van der Waals surface area contributed by atoms with Crippen LogP contribution in [-0.2, 0) is 9.59 Å². The molecule has 1 saturated heterocycles. The van der Waals surface area contributed by atoms with Gasteiger partial charge in [-0.25, -0.2) is 0 Å². The van der Waals surface area contributed by atoms with Gasteiger partial charge in [0.15, 0.2) is 12.4 Å². The number of benzene rings is 1. The molecule has 2 N–H and O–H groups in total. The van der Waals surface area contributed by atoms with Crippen LogP contribution < -0.4 is 15.4 Å². The smallest absolute Gasteiger partial charge is 0.258 e. The second-order valence-corrected chi connectivity index (χ2v) is 5.50. The van der Waals surface area contributed by atoms with E-state index in [1.54, 1.807) is 31.2 Å². The number of ether oxygens (including phenoxy) is 1. The zero-order valence-corrected chi connectivity index (χ0v) is 13.3. The van der Waals surface area contributed by atoms with Crippen LogP contribution in [-0.4, -0.2) is 36.8 Å². The minimum absolute atomic E-state index is 0.0636. The Balaban J connectivity index is 1.81. The largest absolute Gasteiger partial charge is 0.484 e. The second-order valence-electron chi connectivity index (χ2n) is 5.50. The van der Waals surface area contributed by atoms with Gasteiger partial charge < -0.3 is 15.4 Å². The third kappa shape index (κ3) is 5.09. The van der Waals surface area contributed by atoms with Crippen molar-refractivity contribution in [3.05, 3.63) is 29.8 Å². The van der Waals surface area contributed by atoms with Crippen LogP contribution in [0.2, 0.25) is 0 Å². The van der Waals surface area contributed by atoms with Crippen LogP contribution in [0.3, 0.4) is 0 Å². The first-order chi connectivity index (χ1) is 11.1. The monoisotopic (exact) mass is 318 g/mol. The summed E-state index contributed by atoms with van der Waals surface area (Å²) in [6.07, 6.45) is 2.92. The van der Waals surface area contributed by atoms with E-state index in [0.29, 0.717) is 30.7 Å². The van der Waals surface area contributed by atoms with Gasteiger partial charge in [-0.2, -0.15) is 0 Å². The number of rotatable bonds is 6. The van der Waals surface area contributed by atoms with E-state index in [-0.39, 0.29) is 24.2 Å². The maximum Gasteiger partial charge on any atom is 0.258 e. The first-order valence-electron chi connectivity index (χ1n) is 7.93. The lowest BCUT2D eigenvalue weighted by atomic mass is 10.1. The van der Waals surface area contributed by atoms with Gasteiger partial charge in [0.1, 0.15) is 11.8 Å². The quantitative estimate of drug-likeness (QED) is 0.777. The molecule has 1 fully saturated rings. The first-order valence-corrected chi connectivity index (χ1v) is 7.93. The van der Waals surface area contributed by atoms with Crippen molar-refractivity contribution in [1.29, 1.82) is 0 Å². The Morgan fingerprint density at radius 2 is 2.00 bits per heavy atom. The van der Waals surface area contributed by atoms with E-state index in [1.165, 1.54) is 0 Å². The lowest BCUT2D eigenvalue weighted by molar-refractivity contribution is -0.129. The van der Waals surface area contributed by atoms with Crippen molar-refractivity contribution < 1.29 is 19.1 Å². The molecular weight excluding hydrogens is 296 g/mol. The fourth-order valence-electron chi connectivity index (χ4n) is 2.40. The van der Waals surface area contributed by atoms with Gasteiger partial charge >= 0.3 is 0 Å². The zero-order valence-electron chi connectivity index (χ0n) is 13.3. The van der Waals surface area contributed by atoms with Gasteiger partial charge in [-0.3, -0.25) is 14.4 Å². The van der Waals surface area contributed by atoms with Gasteiger partial charge in [0.25, 0.3) is 5.91 Å². The van der Waals surface area contributed by atoms with Crippen LogP contribution in [0.15, 0.2) is 24.3 Å². The fourth-order valence-corrected chi connectivity index (χ4v) is 2.40. The average molecular weight is 318 g/mol. The van der Waals surface area contributed by atoms with Gasteiger partial charge in [0.05, 0.1) is 0 Å². The first kappa shape index (κ1) is 17.0. The molecule has 1 heterocycles. The highest BCUT2D eigenvalue weighted by atomic mass is 16.5. The number of hydrogen-bond acceptors (Lipinski definition) is 4. The van der Waals surface area contributed by atoms with Crippen molar-refractivity contribution in [2.75, 3.05) is 13.2 Å². The number of carbonyl (C=O) groups is 3. The van der Waals surface area contributed by atoms with Gasteiger partial charge in [-0.1, -0.05) is 6.92 Å². The molecule has 1 aromatic carbocycles. The van der Waals surface area contributed by atoms with Crippen LogP contribution in [0.1, 0.15) is 43.0 Å². The molecule has 0 bridgehead atoms. The van der Waals surface area contributed by atoms with Crippen LogP contribution in [0, 0.1) is 0 Å². The normalized spacial score (nSPS) is 17.8. The number of ketones is 1. The Hall–Kier alpha value is -2.37. The van der Waals surface area contributed by atoms with Gasteiger partial charge in [0.2, 0.25) is 5.91 Å². The molecule has 1 atom stereocenters. The summed E-state index contributed by atoms with van der Waals surface area (Å²) in [6.45, 7) is 2.30. The fraction of sp³-hybridized carbons (Fsp3) is 0.471. The zero-order chi connectivity index (χ0) is 16.7. The van der Waals surface area contributed by atoms with Crippen molar-refractivity contribution >= 4 is 17.6 Å². The predicted octanol–water partition coefficient (Wildman–Crippen LogP) is 1.44. The summed E-state index contributed by atoms with van der Waals surface area (Å²) < 4.78 is 5.39. The molecule has 2 amide bonds. The van der Waals surface area contributed by atoms with Crippen molar-refractivity contribution in [2.24, 2.45) is 0 Å². The van der Waals surface area contributed by atoms with Crippen LogP contribution in [0.5, 0.6) is 5.75 Å². The summed E-state index contributed by atoms with van der Waals surface area (Å²) in [5, 5.41) is 5.46. The Labute approximate surface area is 135 Å². The highest BCUT2D eigenvalue weighted by Crippen LogP contribution is 2.13. The summed E-state index contributed by atoms with van der Waals surface area (Å²) in [7, 11) is 0. The molecule has 23 heavy (non-hydrogen) atoms. The maximum absolute atomic E-state index is 11.9. The molecular formula is C17H22N2O4. The third-order valence-electron chi connectivity index (χ3n) is 3.74. The Kier molecular flexibility index (Phi) is 6.14. The summed E-state index contributed by atoms with van der Waals surface area (Å²) in [6, 6.07) is 6.19. The van der Waals surface area contributed by atoms with Gasteiger partial charge in [-0.15, -0.1) is 0 Å². The van der Waals surface area contributed by atoms with Crippen LogP contribution in [0.25, 0.3) is 0 Å². The minimum atomic E-state index is -0.488. The Morgan fingerprint density at radius 1 is 1.26 bits per heavy atom. The number of nitrogens with one attached hydrogen (secondary N) is 2. The number of amides is 2. The van der Waals surface area contributed by atoms with Crippen LogP contribution in [0.4, 0.5) is 0 Å². The van der Waals surface area contributed by atoms with Crippen molar-refractivity contribution in [3.8, 4) is 5.75 Å². The van der Waals surface area contributed by atoms with E-state index in [1.807, 2.05) is 0 Å². The second kappa shape index (κ2) is 8.31. The molecule has 6 nitrogen and oxygen atoms in total. The van der Waals surface area contributed by atoms with Crippen molar-refractivity contribution in [2.45, 2.75) is 38.6 Å². The number of Topliss-reactive ketones (excluding diaryl/α,β-unsaturated/α-hetero) is 1. The summed E-state index contributed by atoms with van der Waals surface area (Å²) in [4.78, 5) is 35.2. The van der Waals surface area contributed by atoms with E-state index in [0.717, 1.165) is 12.8 Å². The summed E-state index contributed by atoms with van der Waals surface area (Å²) >= 11 is 0. The van der Waals surface area contributed by atoms with E-state index in [2.05, 4.69) is 10.6 Å². The molecule has 2 rings (SSSR count). The molecule has 1 aliphatic heterocycles. The van der Waals surface area contributed by atoms with E-state index in [4.69, 9.17) is 4.74 Å². The van der Waals surface area contributed by atoms with Crippen molar-refractivity contribution in [3.63, 3.8) is 0 Å². The highest BCUT2D eigenvalue weighted by molar-refractivity contribution is 5.95. The Bertz CT molecular complexity index is 568. The molecule has 0 saturated carbocycles. The number of carbonyl (C=O) groups excluding carboxylic acids is 3. The Morgan fingerprint density at radius 3 is 2.70 bits per heavy atom. The molecule has 0 spiro atoms. The molecule has 124 valence electrons. The molecule has 0 aliphatic carbocycles. The minimum Gasteiger partial charge on any atom is -0.484 e. The van der Waals surface area contributed by atoms with Gasteiger partial charge in [-0.05, 0) is 43.5 Å². The van der Waals surface area contributed by atoms with Gasteiger partial charge in [0, 0.05) is 18.5 Å². The summed E-state index contributed by atoms with van der Waals surface area (Å²) in [5.74, 6) is 0.103. The molecule has 0 aromatic heterocycles. The average Bonchev–Trinajstić information content (AvgIpc) is 2.77. The highest BCUT2D eigenvalue weighted by Gasteiger charge is 2.22. The molecule has 1 unspecified atom stereocenters. The molecule has 0 radical (unpaired) electrons. The topological polar surface area (TPSA) is 84.5 Å². The predicted molar refractivity (Wildman–Crippen MR) is 85.3 cm³/mol. The van der Waals surface area contributed by atoms with E-state index in [9.17, 15) is 14.4 Å². The number of hydrogen-bond donors (Lipinski definition) is 2. The molecule has 6 heteroatoms. The standard InChI is InChI=1S/C17H22N2O4/c1-2-15(20)12-6-8-13(9-7-12)23-11-16(21)19-14-5-3-4-10-18-17(14)22/h6-9,14H,2-5,10-11H2,1H3,(H,18,22)(H,19,21). The lowest BCUT2D eigenvalue weighted by Crippen LogP contribution is -2.46. The SMILES string of the molecule is CCC(=O)c1ccc(OCC(=O)NC2CCCCNC2=O)cc1. The summed E-state index contributed by atoms with van der Waals surface area (Å²) in [5.41, 5.74) is 0.624. The lowest BCUT2D eigenvalue weighted by Gasteiger charge is -2.15. The maximum atomic E-state index is 11.9. The van der Waals surface area contributed by atoms with Crippen LogP contribution >= 0.6 is 0 Å². The van der Waals surface area contributed by atoms with E-state index >= 15 is 0 Å².